The average Bonchev–Trinajstić information content (AvgIpc) is 2.14. The molecule has 0 aliphatic carbocycles. The van der Waals surface area contributed by atoms with E-state index in [1.807, 2.05) is 0 Å². The molecule has 1 aromatic rings. The van der Waals surface area contributed by atoms with Crippen molar-refractivity contribution in [1.82, 2.24) is 0 Å². The molecule has 0 aliphatic rings. The van der Waals surface area contributed by atoms with Crippen LogP contribution in [-0.4, -0.2) is 11.3 Å². The van der Waals surface area contributed by atoms with Crippen LogP contribution in [0.1, 0.15) is 38.8 Å². The van der Waals surface area contributed by atoms with Crippen LogP contribution in [0.3, 0.4) is 0 Å². The third-order valence-corrected chi connectivity index (χ3v) is 2.80. The van der Waals surface area contributed by atoms with Gasteiger partial charge < -0.3 is 5.11 Å². The van der Waals surface area contributed by atoms with Gasteiger partial charge in [-0.25, -0.2) is 0 Å². The Morgan fingerprint density at radius 2 is 1.39 bits per heavy atom. The molecule has 0 aromatic heterocycles. The molecule has 0 heterocycles. The normalized spacial score (nSPS) is 16.4. The Hall–Kier alpha value is -1.03. The molecule has 1 nitrogen and oxygen atoms in total. The minimum absolute atomic E-state index is 0.0774. The molecule has 0 amide bonds. The molecule has 102 valence electrons. The van der Waals surface area contributed by atoms with Gasteiger partial charge in [-0.3, -0.25) is 0 Å². The van der Waals surface area contributed by atoms with Gasteiger partial charge in [0, 0.05) is 0 Å². The van der Waals surface area contributed by atoms with Crippen LogP contribution < -0.4 is 0 Å². The third kappa shape index (κ3) is 3.48. The molecule has 0 fully saturated rings. The molecule has 1 aromatic carbocycles. The van der Waals surface area contributed by atoms with Gasteiger partial charge in [0.15, 0.2) is 5.60 Å². The van der Waals surface area contributed by atoms with Crippen molar-refractivity contribution in [1.29, 1.82) is 0 Å². The predicted octanol–water partition coefficient (Wildman–Crippen LogP) is 4.05. The summed E-state index contributed by atoms with van der Waals surface area (Å²) < 4.78 is 37.9. The standard InChI is InChI=1S/C14H19F3O/c1-12(2,3)9-10-5-7-11(8-6-10)13(4,18)14(15,16)17/h5-8,18H,9H2,1-4H3. The summed E-state index contributed by atoms with van der Waals surface area (Å²) >= 11 is 0. The zero-order chi connectivity index (χ0) is 14.2. The highest BCUT2D eigenvalue weighted by molar-refractivity contribution is 5.28. The SMILES string of the molecule is CC(C)(C)Cc1ccc(C(C)(O)C(F)(F)F)cc1. The van der Waals surface area contributed by atoms with Crippen molar-refractivity contribution >= 4 is 0 Å². The van der Waals surface area contributed by atoms with Crippen molar-refractivity contribution in [2.75, 3.05) is 0 Å². The lowest BCUT2D eigenvalue weighted by Crippen LogP contribution is -2.39. The summed E-state index contributed by atoms with van der Waals surface area (Å²) in [6, 6.07) is 5.96. The number of alkyl halides is 3. The molecule has 0 bridgehead atoms. The fraction of sp³-hybridized carbons (Fsp3) is 0.571. The van der Waals surface area contributed by atoms with Gasteiger partial charge in [0.05, 0.1) is 0 Å². The Labute approximate surface area is 106 Å². The summed E-state index contributed by atoms with van der Waals surface area (Å²) in [5.41, 5.74) is -1.89. The van der Waals surface area contributed by atoms with Gasteiger partial charge in [-0.15, -0.1) is 0 Å². The van der Waals surface area contributed by atoms with Crippen LogP contribution in [0.4, 0.5) is 13.2 Å². The largest absolute Gasteiger partial charge is 0.421 e. The fourth-order valence-electron chi connectivity index (χ4n) is 1.72. The smallest absolute Gasteiger partial charge is 0.376 e. The third-order valence-electron chi connectivity index (χ3n) is 2.80. The van der Waals surface area contributed by atoms with Gasteiger partial charge in [-0.2, -0.15) is 13.2 Å². The van der Waals surface area contributed by atoms with Crippen molar-refractivity contribution in [2.24, 2.45) is 5.41 Å². The zero-order valence-electron chi connectivity index (χ0n) is 11.1. The molecule has 1 atom stereocenters. The first-order chi connectivity index (χ1) is 7.93. The number of halogens is 3. The number of aliphatic hydroxyl groups is 1. The Bertz CT molecular complexity index is 397. The van der Waals surface area contributed by atoms with Crippen molar-refractivity contribution < 1.29 is 18.3 Å². The monoisotopic (exact) mass is 260 g/mol. The topological polar surface area (TPSA) is 20.2 Å². The molecular weight excluding hydrogens is 241 g/mol. The van der Waals surface area contributed by atoms with E-state index >= 15 is 0 Å². The predicted molar refractivity (Wildman–Crippen MR) is 65.2 cm³/mol. The summed E-state index contributed by atoms with van der Waals surface area (Å²) in [4.78, 5) is 0. The maximum Gasteiger partial charge on any atom is 0.421 e. The molecule has 1 N–H and O–H groups in total. The molecule has 1 rings (SSSR count). The maximum atomic E-state index is 12.6. The second-order valence-electron chi connectivity index (χ2n) is 6.00. The molecule has 0 aliphatic heterocycles. The molecule has 0 spiro atoms. The van der Waals surface area contributed by atoms with Gasteiger partial charge in [0.2, 0.25) is 0 Å². The molecule has 4 heteroatoms. The maximum absolute atomic E-state index is 12.6. The minimum atomic E-state index is -4.67. The quantitative estimate of drug-likeness (QED) is 0.850. The van der Waals surface area contributed by atoms with Crippen molar-refractivity contribution in [3.63, 3.8) is 0 Å². The van der Waals surface area contributed by atoms with Crippen molar-refractivity contribution in [2.45, 2.75) is 45.9 Å². The molecule has 0 radical (unpaired) electrons. The first kappa shape index (κ1) is 15.0. The molecule has 18 heavy (non-hydrogen) atoms. The highest BCUT2D eigenvalue weighted by Crippen LogP contribution is 2.38. The summed E-state index contributed by atoms with van der Waals surface area (Å²) in [6.07, 6.45) is -3.89. The Kier molecular flexibility index (Phi) is 3.82. The van der Waals surface area contributed by atoms with E-state index in [9.17, 15) is 18.3 Å². The van der Waals surface area contributed by atoms with E-state index in [-0.39, 0.29) is 11.0 Å². The highest BCUT2D eigenvalue weighted by atomic mass is 19.4. The van der Waals surface area contributed by atoms with Gasteiger partial charge in [0.25, 0.3) is 0 Å². The number of benzene rings is 1. The van der Waals surface area contributed by atoms with E-state index in [2.05, 4.69) is 20.8 Å². The molecule has 1 unspecified atom stereocenters. The van der Waals surface area contributed by atoms with Gasteiger partial charge in [0.1, 0.15) is 0 Å². The van der Waals surface area contributed by atoms with Crippen molar-refractivity contribution in [3.05, 3.63) is 35.4 Å². The van der Waals surface area contributed by atoms with E-state index < -0.39 is 11.8 Å². The zero-order valence-corrected chi connectivity index (χ0v) is 11.1. The van der Waals surface area contributed by atoms with E-state index in [0.29, 0.717) is 0 Å². The Morgan fingerprint density at radius 3 is 1.72 bits per heavy atom. The van der Waals surface area contributed by atoms with Crippen LogP contribution in [0.25, 0.3) is 0 Å². The number of hydrogen-bond donors (Lipinski definition) is 1. The lowest BCUT2D eigenvalue weighted by molar-refractivity contribution is -0.258. The summed E-state index contributed by atoms with van der Waals surface area (Å²) in [5.74, 6) is 0. The average molecular weight is 260 g/mol. The van der Waals surface area contributed by atoms with E-state index in [0.717, 1.165) is 18.9 Å². The van der Waals surface area contributed by atoms with E-state index in [1.165, 1.54) is 12.1 Å². The summed E-state index contributed by atoms with van der Waals surface area (Å²) in [5, 5.41) is 9.52. The summed E-state index contributed by atoms with van der Waals surface area (Å²) in [6.45, 7) is 6.96. The first-order valence-electron chi connectivity index (χ1n) is 5.82. The Balaban J connectivity index is 2.97. The van der Waals surface area contributed by atoms with Gasteiger partial charge in [-0.1, -0.05) is 45.0 Å². The van der Waals surface area contributed by atoms with E-state index in [1.54, 1.807) is 12.1 Å². The highest BCUT2D eigenvalue weighted by Gasteiger charge is 2.51. The molecule has 0 saturated heterocycles. The second kappa shape index (κ2) is 4.57. The minimum Gasteiger partial charge on any atom is -0.376 e. The Morgan fingerprint density at radius 1 is 0.944 bits per heavy atom. The van der Waals surface area contributed by atoms with E-state index in [4.69, 9.17) is 0 Å². The second-order valence-corrected chi connectivity index (χ2v) is 6.00. The fourth-order valence-corrected chi connectivity index (χ4v) is 1.72. The summed E-state index contributed by atoms with van der Waals surface area (Å²) in [7, 11) is 0. The number of hydrogen-bond acceptors (Lipinski definition) is 1. The van der Waals surface area contributed by atoms with Crippen LogP contribution in [0, 0.1) is 5.41 Å². The van der Waals surface area contributed by atoms with Crippen LogP contribution >= 0.6 is 0 Å². The van der Waals surface area contributed by atoms with Crippen LogP contribution in [0.2, 0.25) is 0 Å². The number of rotatable bonds is 2. The van der Waals surface area contributed by atoms with Gasteiger partial charge >= 0.3 is 6.18 Å². The van der Waals surface area contributed by atoms with Gasteiger partial charge in [-0.05, 0) is 29.9 Å². The van der Waals surface area contributed by atoms with Crippen molar-refractivity contribution in [3.8, 4) is 0 Å². The van der Waals surface area contributed by atoms with Crippen LogP contribution in [-0.2, 0) is 12.0 Å². The molecular formula is C14H19F3O. The lowest BCUT2D eigenvalue weighted by atomic mass is 9.87. The first-order valence-corrected chi connectivity index (χ1v) is 5.82. The lowest BCUT2D eigenvalue weighted by Gasteiger charge is -2.27. The van der Waals surface area contributed by atoms with Crippen LogP contribution in [0.15, 0.2) is 24.3 Å². The molecule has 0 saturated carbocycles. The van der Waals surface area contributed by atoms with Crippen LogP contribution in [0.5, 0.6) is 0 Å².